The van der Waals surface area contributed by atoms with Crippen molar-refractivity contribution in [3.05, 3.63) is 83.1 Å². The molecular formula is C33H36FN4O2+. The lowest BCUT2D eigenvalue weighted by Crippen LogP contribution is -2.39. The van der Waals surface area contributed by atoms with E-state index in [9.17, 15) is 4.79 Å². The molecule has 6 nitrogen and oxygen atoms in total. The van der Waals surface area contributed by atoms with Gasteiger partial charge in [-0.3, -0.25) is 9.89 Å². The van der Waals surface area contributed by atoms with Crippen molar-refractivity contribution in [1.82, 2.24) is 14.8 Å². The van der Waals surface area contributed by atoms with Crippen molar-refractivity contribution < 1.29 is 18.4 Å². The number of H-pyrrole nitrogens is 1. The van der Waals surface area contributed by atoms with E-state index in [1.165, 1.54) is 0 Å². The predicted molar refractivity (Wildman–Crippen MR) is 157 cm³/mol. The van der Waals surface area contributed by atoms with E-state index in [0.29, 0.717) is 37.4 Å². The number of carbonyl (C=O) groups excluding carboxylic acids is 1. The summed E-state index contributed by atoms with van der Waals surface area (Å²) in [5.41, 5.74) is 5.46. The largest absolute Gasteiger partial charge is 0.493 e. The van der Waals surface area contributed by atoms with Crippen LogP contribution in [-0.4, -0.2) is 52.8 Å². The van der Waals surface area contributed by atoms with Crippen LogP contribution in [0.4, 0.5) is 4.39 Å². The van der Waals surface area contributed by atoms with Crippen LogP contribution in [-0.2, 0) is 19.5 Å². The summed E-state index contributed by atoms with van der Waals surface area (Å²) in [6, 6.07) is 17.7. The van der Waals surface area contributed by atoms with Gasteiger partial charge in [0.2, 0.25) is 0 Å². The summed E-state index contributed by atoms with van der Waals surface area (Å²) >= 11 is 0. The van der Waals surface area contributed by atoms with Gasteiger partial charge in [-0.25, -0.2) is 4.39 Å². The molecule has 3 aromatic carbocycles. The molecule has 0 unspecified atom stereocenters. The molecule has 0 aliphatic carbocycles. The highest BCUT2D eigenvalue weighted by molar-refractivity contribution is 6.02. The van der Waals surface area contributed by atoms with Crippen LogP contribution in [0, 0.1) is 12.7 Å². The first-order chi connectivity index (χ1) is 19.4. The molecule has 0 bridgehead atoms. The Hall–Kier alpha value is -3.97. The van der Waals surface area contributed by atoms with Crippen molar-refractivity contribution in [2.75, 3.05) is 27.2 Å². The Bertz CT molecular complexity index is 1710. The zero-order chi connectivity index (χ0) is 27.9. The van der Waals surface area contributed by atoms with Gasteiger partial charge in [-0.2, -0.15) is 5.10 Å². The van der Waals surface area contributed by atoms with Crippen molar-refractivity contribution in [2.45, 2.75) is 45.7 Å². The monoisotopic (exact) mass is 539 g/mol. The van der Waals surface area contributed by atoms with Gasteiger partial charge in [0.1, 0.15) is 23.8 Å². The van der Waals surface area contributed by atoms with Crippen molar-refractivity contribution in [3.63, 3.8) is 0 Å². The molecule has 40 heavy (non-hydrogen) atoms. The lowest BCUT2D eigenvalue weighted by molar-refractivity contribution is -0.904. The van der Waals surface area contributed by atoms with Gasteiger partial charge in [0.15, 0.2) is 6.29 Å². The van der Waals surface area contributed by atoms with Crippen LogP contribution in [0.15, 0.2) is 54.6 Å². The van der Waals surface area contributed by atoms with E-state index in [-0.39, 0.29) is 5.82 Å². The molecule has 0 atom stereocenters. The maximum absolute atomic E-state index is 15.8. The number of rotatable bonds is 6. The molecule has 2 aromatic heterocycles. The second-order valence-electron chi connectivity index (χ2n) is 11.6. The van der Waals surface area contributed by atoms with Gasteiger partial charge in [-0.1, -0.05) is 36.4 Å². The second kappa shape index (κ2) is 10.5. The number of ether oxygens (including phenoxy) is 1. The van der Waals surface area contributed by atoms with Crippen LogP contribution in [0.25, 0.3) is 32.8 Å². The molecule has 0 amide bonds. The molecule has 7 heteroatoms. The van der Waals surface area contributed by atoms with E-state index in [0.717, 1.165) is 86.5 Å². The van der Waals surface area contributed by atoms with E-state index in [2.05, 4.69) is 47.1 Å². The summed E-state index contributed by atoms with van der Waals surface area (Å²) in [7, 11) is 4.39. The number of benzene rings is 3. The molecule has 0 spiro atoms. The molecule has 0 saturated carbocycles. The molecular weight excluding hydrogens is 503 g/mol. The van der Waals surface area contributed by atoms with Crippen LogP contribution >= 0.6 is 0 Å². The fourth-order valence-electron chi connectivity index (χ4n) is 6.35. The lowest BCUT2D eigenvalue weighted by atomic mass is 9.97. The summed E-state index contributed by atoms with van der Waals surface area (Å²) in [5, 5.41) is 10.9. The number of hydrogen-bond acceptors (Lipinski definition) is 3. The normalized spacial score (nSPS) is 15.1. The minimum absolute atomic E-state index is 0.287. The highest BCUT2D eigenvalue weighted by Gasteiger charge is 2.29. The van der Waals surface area contributed by atoms with Gasteiger partial charge in [0, 0.05) is 34.1 Å². The molecule has 1 aliphatic rings. The number of nitrogens with one attached hydrogen (secondary N) is 1. The standard InChI is InChI=1S/C33H36FN4O2/c1-22-31-28(36-35-22)20-38(2,3)18-7-6-17-37-29(21-39)25(26-15-16-27(34)32(31)33(26)37)13-9-19-40-30-14-8-11-23-10-4-5-12-24(23)30/h4-5,8,10-12,14-16,21H,6-7,9,13,17-20H2,1-3H3,(H,35,36)/q+1. The van der Waals surface area contributed by atoms with E-state index < -0.39 is 0 Å². The van der Waals surface area contributed by atoms with Crippen LogP contribution in [0.3, 0.4) is 0 Å². The number of aryl methyl sites for hydroxylation is 3. The van der Waals surface area contributed by atoms with Crippen LogP contribution in [0.2, 0.25) is 0 Å². The van der Waals surface area contributed by atoms with E-state index in [4.69, 9.17) is 4.74 Å². The van der Waals surface area contributed by atoms with Gasteiger partial charge in [-0.15, -0.1) is 0 Å². The maximum Gasteiger partial charge on any atom is 0.166 e. The molecule has 1 aliphatic heterocycles. The Labute approximate surface area is 234 Å². The number of halogens is 1. The minimum atomic E-state index is -0.287. The maximum atomic E-state index is 15.8. The quantitative estimate of drug-likeness (QED) is 0.146. The zero-order valence-corrected chi connectivity index (χ0v) is 23.5. The summed E-state index contributed by atoms with van der Waals surface area (Å²) in [6.45, 7) is 4.81. The Kier molecular flexibility index (Phi) is 6.92. The number of fused-ring (bicyclic) bond motifs is 3. The van der Waals surface area contributed by atoms with Gasteiger partial charge < -0.3 is 13.8 Å². The summed E-state index contributed by atoms with van der Waals surface area (Å²) < 4.78 is 24.8. The van der Waals surface area contributed by atoms with Crippen molar-refractivity contribution >= 4 is 28.0 Å². The number of nitrogens with zero attached hydrogens (tertiary/aromatic N) is 3. The first-order valence-electron chi connectivity index (χ1n) is 14.1. The third-order valence-electron chi connectivity index (χ3n) is 8.26. The van der Waals surface area contributed by atoms with Crippen molar-refractivity contribution in [3.8, 4) is 16.9 Å². The third-order valence-corrected chi connectivity index (χ3v) is 8.26. The SMILES string of the molecule is Cc1[nH]nc2c1-c1c(F)ccc3c(CCCOc4cccc5ccccc45)c(C=O)n(c13)CCCC[N+](C)(C)C2. The highest BCUT2D eigenvalue weighted by atomic mass is 19.1. The Balaban J connectivity index is 1.39. The molecule has 5 aromatic rings. The van der Waals surface area contributed by atoms with E-state index in [1.54, 1.807) is 6.07 Å². The van der Waals surface area contributed by atoms with Crippen molar-refractivity contribution in [2.24, 2.45) is 0 Å². The predicted octanol–water partition coefficient (Wildman–Crippen LogP) is 6.83. The number of hydrogen-bond donors (Lipinski definition) is 1. The Morgan fingerprint density at radius 3 is 2.73 bits per heavy atom. The molecule has 0 radical (unpaired) electrons. The Morgan fingerprint density at radius 1 is 1.05 bits per heavy atom. The van der Waals surface area contributed by atoms with Gasteiger partial charge in [-0.05, 0) is 61.8 Å². The van der Waals surface area contributed by atoms with E-state index >= 15 is 4.39 Å². The van der Waals surface area contributed by atoms with Crippen molar-refractivity contribution in [1.29, 1.82) is 0 Å². The summed E-state index contributed by atoms with van der Waals surface area (Å²) in [4.78, 5) is 12.6. The number of aromatic amines is 1. The molecule has 6 rings (SSSR count). The topological polar surface area (TPSA) is 59.9 Å². The zero-order valence-electron chi connectivity index (χ0n) is 23.5. The Morgan fingerprint density at radius 2 is 1.88 bits per heavy atom. The molecule has 3 heterocycles. The number of quaternary nitrogens is 1. The average molecular weight is 540 g/mol. The molecule has 206 valence electrons. The lowest BCUT2D eigenvalue weighted by Gasteiger charge is -2.29. The first kappa shape index (κ1) is 26.3. The summed E-state index contributed by atoms with van der Waals surface area (Å²) in [5.74, 6) is 0.573. The highest BCUT2D eigenvalue weighted by Crippen LogP contribution is 2.40. The fraction of sp³-hybridized carbons (Fsp3) is 0.333. The van der Waals surface area contributed by atoms with Crippen LogP contribution in [0.1, 0.15) is 46.7 Å². The summed E-state index contributed by atoms with van der Waals surface area (Å²) in [6.07, 6.45) is 4.26. The molecule has 0 fully saturated rings. The number of aromatic nitrogens is 3. The van der Waals surface area contributed by atoms with Crippen LogP contribution in [0.5, 0.6) is 5.75 Å². The third kappa shape index (κ3) is 4.68. The number of carbonyl (C=O) groups is 1. The number of aldehydes is 1. The minimum Gasteiger partial charge on any atom is -0.493 e. The van der Waals surface area contributed by atoms with Gasteiger partial charge in [0.25, 0.3) is 0 Å². The first-order valence-corrected chi connectivity index (χ1v) is 14.1. The second-order valence-corrected chi connectivity index (χ2v) is 11.6. The fourth-order valence-corrected chi connectivity index (χ4v) is 6.35. The van der Waals surface area contributed by atoms with E-state index in [1.807, 2.05) is 37.3 Å². The molecule has 0 saturated heterocycles. The van der Waals surface area contributed by atoms with Gasteiger partial charge in [0.05, 0.1) is 38.5 Å². The van der Waals surface area contributed by atoms with Crippen LogP contribution < -0.4 is 4.74 Å². The molecule has 1 N–H and O–H groups in total. The average Bonchev–Trinajstić information content (AvgIpc) is 3.44. The van der Waals surface area contributed by atoms with Gasteiger partial charge >= 0.3 is 0 Å². The smallest absolute Gasteiger partial charge is 0.166 e.